The zero-order valence-electron chi connectivity index (χ0n) is 10.8. The third-order valence-corrected chi connectivity index (χ3v) is 2.73. The van der Waals surface area contributed by atoms with Gasteiger partial charge in [-0.15, -0.1) is 0 Å². The van der Waals surface area contributed by atoms with Crippen LogP contribution in [0, 0.1) is 0 Å². The van der Waals surface area contributed by atoms with Crippen molar-refractivity contribution >= 4 is 22.7 Å². The first-order valence-electron chi connectivity index (χ1n) is 5.75. The van der Waals surface area contributed by atoms with Crippen molar-refractivity contribution in [3.8, 4) is 0 Å². The first kappa shape index (κ1) is 13.1. The van der Waals surface area contributed by atoms with E-state index in [2.05, 4.69) is 15.6 Å². The summed E-state index contributed by atoms with van der Waals surface area (Å²) >= 11 is 0. The van der Waals surface area contributed by atoms with Gasteiger partial charge in [0.05, 0.1) is 5.56 Å². The van der Waals surface area contributed by atoms with Crippen LogP contribution in [-0.2, 0) is 16.6 Å². The number of aryl methyl sites for hydroxylation is 1. The second kappa shape index (κ2) is 5.53. The van der Waals surface area contributed by atoms with Crippen molar-refractivity contribution in [1.29, 1.82) is 0 Å². The zero-order chi connectivity index (χ0) is 13.8. The molecule has 2 rings (SSSR count). The number of hydrogen-bond acceptors (Lipinski definition) is 3. The van der Waals surface area contributed by atoms with E-state index >= 15 is 0 Å². The Morgan fingerprint density at radius 3 is 2.74 bits per heavy atom. The van der Waals surface area contributed by atoms with Crippen LogP contribution in [0.25, 0.3) is 10.9 Å². The smallest absolute Gasteiger partial charge is 0.271 e. The lowest BCUT2D eigenvalue weighted by Gasteiger charge is -2.05. The number of nitrogens with one attached hydrogen (secondary N) is 2. The molecule has 2 aromatic rings. The van der Waals surface area contributed by atoms with E-state index in [-0.39, 0.29) is 12.5 Å². The van der Waals surface area contributed by atoms with Gasteiger partial charge in [-0.2, -0.15) is 0 Å². The van der Waals surface area contributed by atoms with Gasteiger partial charge in [-0.1, -0.05) is 18.2 Å². The number of benzene rings is 1. The molecule has 19 heavy (non-hydrogen) atoms. The fourth-order valence-corrected chi connectivity index (χ4v) is 1.88. The van der Waals surface area contributed by atoms with Gasteiger partial charge < -0.3 is 9.30 Å². The van der Waals surface area contributed by atoms with Crippen LogP contribution in [0.5, 0.6) is 0 Å². The molecule has 0 aliphatic rings. The molecular formula is C13H15N3O3. The van der Waals surface area contributed by atoms with Crippen molar-refractivity contribution in [2.45, 2.75) is 0 Å². The molecule has 0 radical (unpaired) electrons. The van der Waals surface area contributed by atoms with Crippen molar-refractivity contribution < 1.29 is 14.3 Å². The van der Waals surface area contributed by atoms with Crippen LogP contribution in [0.4, 0.5) is 0 Å². The topological polar surface area (TPSA) is 72.4 Å². The van der Waals surface area contributed by atoms with Crippen LogP contribution in [0.2, 0.25) is 0 Å². The van der Waals surface area contributed by atoms with Crippen molar-refractivity contribution in [3.05, 3.63) is 36.0 Å². The predicted molar refractivity (Wildman–Crippen MR) is 70.4 cm³/mol. The van der Waals surface area contributed by atoms with E-state index in [0.29, 0.717) is 5.56 Å². The molecule has 6 heteroatoms. The summed E-state index contributed by atoms with van der Waals surface area (Å²) in [6.07, 6.45) is 1.72. The van der Waals surface area contributed by atoms with Crippen molar-refractivity contribution in [3.63, 3.8) is 0 Å². The number of methoxy groups -OCH3 is 1. The van der Waals surface area contributed by atoms with Crippen molar-refractivity contribution in [1.82, 2.24) is 15.4 Å². The third kappa shape index (κ3) is 2.74. The Bertz CT molecular complexity index is 619. The van der Waals surface area contributed by atoms with Gasteiger partial charge in [0.15, 0.2) is 0 Å². The summed E-state index contributed by atoms with van der Waals surface area (Å²) in [6.45, 7) is -0.101. The average molecular weight is 261 g/mol. The van der Waals surface area contributed by atoms with Crippen LogP contribution in [0.3, 0.4) is 0 Å². The number of aromatic nitrogens is 1. The molecule has 0 aliphatic heterocycles. The normalized spacial score (nSPS) is 10.4. The van der Waals surface area contributed by atoms with Gasteiger partial charge in [0.2, 0.25) is 0 Å². The van der Waals surface area contributed by atoms with Crippen LogP contribution >= 0.6 is 0 Å². The molecule has 0 atom stereocenters. The van der Waals surface area contributed by atoms with Crippen molar-refractivity contribution in [2.24, 2.45) is 7.05 Å². The summed E-state index contributed by atoms with van der Waals surface area (Å²) in [7, 11) is 3.27. The molecular weight excluding hydrogens is 246 g/mol. The number of ether oxygens (including phenoxy) is 1. The molecule has 0 aliphatic carbocycles. The van der Waals surface area contributed by atoms with E-state index in [1.165, 1.54) is 7.11 Å². The maximum Gasteiger partial charge on any atom is 0.271 e. The summed E-state index contributed by atoms with van der Waals surface area (Å²) in [6, 6.07) is 7.56. The first-order chi connectivity index (χ1) is 9.13. The second-order valence-electron chi connectivity index (χ2n) is 4.11. The van der Waals surface area contributed by atoms with E-state index in [0.717, 1.165) is 10.9 Å². The van der Waals surface area contributed by atoms with Gasteiger partial charge in [0.25, 0.3) is 11.8 Å². The summed E-state index contributed by atoms with van der Waals surface area (Å²) in [5.74, 6) is -0.766. The number of hydrazine groups is 1. The molecule has 2 N–H and O–H groups in total. The van der Waals surface area contributed by atoms with Gasteiger partial charge >= 0.3 is 0 Å². The number of nitrogens with zero attached hydrogens (tertiary/aromatic N) is 1. The predicted octanol–water partition coefficient (Wildman–Crippen LogP) is 0.586. The van der Waals surface area contributed by atoms with E-state index in [9.17, 15) is 9.59 Å². The summed E-state index contributed by atoms with van der Waals surface area (Å²) in [5, 5.41) is 0.837. The maximum absolute atomic E-state index is 12.0. The highest BCUT2D eigenvalue weighted by Crippen LogP contribution is 2.19. The molecule has 0 saturated carbocycles. The lowest BCUT2D eigenvalue weighted by atomic mass is 10.2. The van der Waals surface area contributed by atoms with E-state index in [1.807, 2.05) is 35.9 Å². The monoisotopic (exact) mass is 261 g/mol. The molecule has 6 nitrogen and oxygen atoms in total. The molecule has 1 aromatic carbocycles. The van der Waals surface area contributed by atoms with E-state index in [4.69, 9.17) is 0 Å². The summed E-state index contributed by atoms with van der Waals surface area (Å²) in [5.41, 5.74) is 6.10. The van der Waals surface area contributed by atoms with Gasteiger partial charge in [0.1, 0.15) is 6.61 Å². The highest BCUT2D eigenvalue weighted by atomic mass is 16.5. The number of carbonyl (C=O) groups excluding carboxylic acids is 2. The van der Waals surface area contributed by atoms with Gasteiger partial charge in [-0.3, -0.25) is 20.4 Å². The number of para-hydroxylation sites is 1. The molecule has 0 unspecified atom stereocenters. The van der Waals surface area contributed by atoms with Crippen molar-refractivity contribution in [2.75, 3.05) is 13.7 Å². The SMILES string of the molecule is COCC(=O)NNC(=O)c1cn(C)c2ccccc12. The fraction of sp³-hybridized carbons (Fsp3) is 0.231. The van der Waals surface area contributed by atoms with Crippen LogP contribution in [0.1, 0.15) is 10.4 Å². The minimum atomic E-state index is -0.406. The second-order valence-corrected chi connectivity index (χ2v) is 4.11. The Balaban J connectivity index is 2.16. The number of amides is 2. The minimum absolute atomic E-state index is 0.101. The summed E-state index contributed by atoms with van der Waals surface area (Å²) in [4.78, 5) is 23.2. The Labute approximate surface area is 110 Å². The number of rotatable bonds is 3. The number of carbonyl (C=O) groups is 2. The highest BCUT2D eigenvalue weighted by molar-refractivity contribution is 6.07. The Kier molecular flexibility index (Phi) is 3.82. The van der Waals surface area contributed by atoms with Gasteiger partial charge in [-0.05, 0) is 6.07 Å². The maximum atomic E-state index is 12.0. The van der Waals surface area contributed by atoms with Crippen LogP contribution < -0.4 is 10.9 Å². The van der Waals surface area contributed by atoms with E-state index < -0.39 is 5.91 Å². The molecule has 0 saturated heterocycles. The molecule has 100 valence electrons. The quantitative estimate of drug-likeness (QED) is 0.794. The molecule has 1 heterocycles. The van der Waals surface area contributed by atoms with Crippen LogP contribution in [0.15, 0.2) is 30.5 Å². The molecule has 0 fully saturated rings. The van der Waals surface area contributed by atoms with Gasteiger partial charge in [0, 0.05) is 31.3 Å². The largest absolute Gasteiger partial charge is 0.375 e. The third-order valence-electron chi connectivity index (χ3n) is 2.73. The number of hydrogen-bond donors (Lipinski definition) is 2. The lowest BCUT2D eigenvalue weighted by molar-refractivity contribution is -0.125. The Hall–Kier alpha value is -2.34. The average Bonchev–Trinajstić information content (AvgIpc) is 2.75. The zero-order valence-corrected chi connectivity index (χ0v) is 10.8. The summed E-state index contributed by atoms with van der Waals surface area (Å²) < 4.78 is 6.51. The lowest BCUT2D eigenvalue weighted by Crippen LogP contribution is -2.43. The Morgan fingerprint density at radius 2 is 2.00 bits per heavy atom. The Morgan fingerprint density at radius 1 is 1.26 bits per heavy atom. The highest BCUT2D eigenvalue weighted by Gasteiger charge is 2.13. The first-order valence-corrected chi connectivity index (χ1v) is 5.75. The van der Waals surface area contributed by atoms with Crippen LogP contribution in [-0.4, -0.2) is 30.1 Å². The molecule has 1 aromatic heterocycles. The molecule has 0 bridgehead atoms. The molecule has 0 spiro atoms. The fourth-order valence-electron chi connectivity index (χ4n) is 1.88. The number of fused-ring (bicyclic) bond motifs is 1. The van der Waals surface area contributed by atoms with E-state index in [1.54, 1.807) is 6.20 Å². The molecule has 2 amide bonds. The standard InChI is InChI=1S/C13H15N3O3/c1-16-7-10(9-5-3-4-6-11(9)16)13(18)15-14-12(17)8-19-2/h3-7H,8H2,1-2H3,(H,14,17)(H,15,18). The minimum Gasteiger partial charge on any atom is -0.375 e. The van der Waals surface area contributed by atoms with Gasteiger partial charge in [-0.25, -0.2) is 0 Å².